The number of anilines is 1. The first-order chi connectivity index (χ1) is 11.3. The summed E-state index contributed by atoms with van der Waals surface area (Å²) in [6, 6.07) is 3.23. The molecule has 24 heavy (non-hydrogen) atoms. The zero-order valence-corrected chi connectivity index (χ0v) is 13.7. The highest BCUT2D eigenvalue weighted by Crippen LogP contribution is 2.22. The molecule has 1 aliphatic heterocycles. The number of aromatic nitrogens is 1. The van der Waals surface area contributed by atoms with Gasteiger partial charge in [0, 0.05) is 25.8 Å². The molecule has 1 saturated heterocycles. The molecule has 1 aliphatic rings. The molecule has 1 aromatic rings. The minimum Gasteiger partial charge on any atom is -0.357 e. The van der Waals surface area contributed by atoms with Crippen molar-refractivity contribution in [3.63, 3.8) is 0 Å². The predicted octanol–water partition coefficient (Wildman–Crippen LogP) is 3.51. The molecular formula is C17H22F3N3O. The van der Waals surface area contributed by atoms with E-state index in [1.54, 1.807) is 6.07 Å². The van der Waals surface area contributed by atoms with Gasteiger partial charge in [0.15, 0.2) is 0 Å². The number of hydrogen-bond acceptors (Lipinski definition) is 3. The molecule has 1 aromatic heterocycles. The van der Waals surface area contributed by atoms with Crippen molar-refractivity contribution < 1.29 is 18.0 Å². The molecule has 0 radical (unpaired) electrons. The van der Waals surface area contributed by atoms with Crippen LogP contribution in [0.4, 0.5) is 19.0 Å². The molecule has 1 amide bonds. The smallest absolute Gasteiger partial charge is 0.357 e. The predicted molar refractivity (Wildman–Crippen MR) is 87.0 cm³/mol. The van der Waals surface area contributed by atoms with Gasteiger partial charge in [0.25, 0.3) is 5.91 Å². The number of hydrogen-bond donors (Lipinski definition) is 0. The van der Waals surface area contributed by atoms with E-state index in [4.69, 9.17) is 0 Å². The van der Waals surface area contributed by atoms with E-state index >= 15 is 0 Å². The molecule has 0 bridgehead atoms. The standard InChI is InChI=1S/C17H22F3N3O/c1-3-8-23(12-17(18,19)20)16(24)14-4-5-15(21-11-14)22-9-6-13(2)7-10-22/h3-5,11,13H,1,6-10,12H2,2H3. The molecule has 0 aromatic carbocycles. The van der Waals surface area contributed by atoms with Crippen molar-refractivity contribution in [2.24, 2.45) is 5.92 Å². The van der Waals surface area contributed by atoms with Gasteiger partial charge in [-0.1, -0.05) is 13.0 Å². The second-order valence-electron chi connectivity index (χ2n) is 6.16. The molecule has 2 heterocycles. The van der Waals surface area contributed by atoms with E-state index in [2.05, 4.69) is 23.4 Å². The van der Waals surface area contributed by atoms with Gasteiger partial charge in [-0.2, -0.15) is 13.2 Å². The van der Waals surface area contributed by atoms with Gasteiger partial charge in [0.05, 0.1) is 5.56 Å². The SMILES string of the molecule is C=CCN(CC(F)(F)F)C(=O)c1ccc(N2CCC(C)CC2)nc1. The number of rotatable bonds is 5. The number of nitrogens with zero attached hydrogens (tertiary/aromatic N) is 3. The molecular weight excluding hydrogens is 319 g/mol. The first kappa shape index (κ1) is 18.3. The zero-order valence-electron chi connectivity index (χ0n) is 13.7. The Balaban J connectivity index is 2.07. The van der Waals surface area contributed by atoms with Crippen molar-refractivity contribution in [1.82, 2.24) is 9.88 Å². The minimum absolute atomic E-state index is 0.148. The van der Waals surface area contributed by atoms with Crippen LogP contribution in [0, 0.1) is 5.92 Å². The van der Waals surface area contributed by atoms with Crippen LogP contribution in [-0.2, 0) is 0 Å². The molecule has 0 atom stereocenters. The van der Waals surface area contributed by atoms with Gasteiger partial charge in [-0.25, -0.2) is 4.98 Å². The summed E-state index contributed by atoms with van der Waals surface area (Å²) >= 11 is 0. The lowest BCUT2D eigenvalue weighted by Gasteiger charge is -2.31. The number of pyridine rings is 1. The second kappa shape index (κ2) is 7.68. The van der Waals surface area contributed by atoms with Crippen LogP contribution >= 0.6 is 0 Å². The third kappa shape index (κ3) is 4.97. The number of piperidine rings is 1. The van der Waals surface area contributed by atoms with Crippen LogP contribution in [0.2, 0.25) is 0 Å². The molecule has 0 saturated carbocycles. The van der Waals surface area contributed by atoms with Crippen LogP contribution in [-0.4, -0.2) is 48.1 Å². The highest BCUT2D eigenvalue weighted by Gasteiger charge is 2.33. The van der Waals surface area contributed by atoms with Crippen LogP contribution in [0.15, 0.2) is 31.0 Å². The summed E-state index contributed by atoms with van der Waals surface area (Å²) in [5.74, 6) is 0.750. The van der Waals surface area contributed by atoms with E-state index in [1.165, 1.54) is 18.3 Å². The van der Waals surface area contributed by atoms with Crippen molar-refractivity contribution in [2.75, 3.05) is 31.1 Å². The highest BCUT2D eigenvalue weighted by molar-refractivity contribution is 5.94. The maximum Gasteiger partial charge on any atom is 0.406 e. The number of carbonyl (C=O) groups excluding carboxylic acids is 1. The normalized spacial score (nSPS) is 16.1. The lowest BCUT2D eigenvalue weighted by atomic mass is 9.99. The van der Waals surface area contributed by atoms with Crippen molar-refractivity contribution in [2.45, 2.75) is 25.9 Å². The molecule has 4 nitrogen and oxygen atoms in total. The lowest BCUT2D eigenvalue weighted by Crippen LogP contribution is -2.39. The van der Waals surface area contributed by atoms with Crippen molar-refractivity contribution in [3.8, 4) is 0 Å². The van der Waals surface area contributed by atoms with Gasteiger partial charge >= 0.3 is 6.18 Å². The number of halogens is 3. The summed E-state index contributed by atoms with van der Waals surface area (Å²) in [7, 11) is 0. The minimum atomic E-state index is -4.45. The Morgan fingerprint density at radius 3 is 2.58 bits per heavy atom. The Hall–Kier alpha value is -2.05. The molecule has 1 fully saturated rings. The van der Waals surface area contributed by atoms with Crippen molar-refractivity contribution >= 4 is 11.7 Å². The Morgan fingerprint density at radius 1 is 1.42 bits per heavy atom. The summed E-state index contributed by atoms with van der Waals surface area (Å²) < 4.78 is 37.8. The Labute approximate surface area is 140 Å². The first-order valence-electron chi connectivity index (χ1n) is 7.98. The van der Waals surface area contributed by atoms with Crippen LogP contribution in [0.3, 0.4) is 0 Å². The van der Waals surface area contributed by atoms with Crippen LogP contribution in [0.1, 0.15) is 30.1 Å². The summed E-state index contributed by atoms with van der Waals surface area (Å²) in [5, 5.41) is 0. The fraction of sp³-hybridized carbons (Fsp3) is 0.529. The van der Waals surface area contributed by atoms with Gasteiger partial charge in [-0.3, -0.25) is 4.79 Å². The lowest BCUT2D eigenvalue weighted by molar-refractivity contribution is -0.139. The second-order valence-corrected chi connectivity index (χ2v) is 6.16. The molecule has 0 unspecified atom stereocenters. The topological polar surface area (TPSA) is 36.4 Å². The van der Waals surface area contributed by atoms with E-state index < -0.39 is 18.6 Å². The quantitative estimate of drug-likeness (QED) is 0.769. The molecule has 0 N–H and O–H groups in total. The molecule has 7 heteroatoms. The maximum absolute atomic E-state index is 12.6. The van der Waals surface area contributed by atoms with Crippen LogP contribution in [0.5, 0.6) is 0 Å². The fourth-order valence-electron chi connectivity index (χ4n) is 2.71. The molecule has 132 valence electrons. The van der Waals surface area contributed by atoms with Gasteiger partial charge in [0.1, 0.15) is 12.4 Å². The largest absolute Gasteiger partial charge is 0.406 e. The number of alkyl halides is 3. The Kier molecular flexibility index (Phi) is 5.85. The third-order valence-corrected chi connectivity index (χ3v) is 4.11. The summed E-state index contributed by atoms with van der Waals surface area (Å²) in [6.45, 7) is 5.95. The van der Waals surface area contributed by atoms with Gasteiger partial charge < -0.3 is 9.80 Å². The number of amides is 1. The summed E-state index contributed by atoms with van der Waals surface area (Å²) in [4.78, 5) is 19.4. The highest BCUT2D eigenvalue weighted by atomic mass is 19.4. The molecule has 2 rings (SSSR count). The fourth-order valence-corrected chi connectivity index (χ4v) is 2.71. The summed E-state index contributed by atoms with van der Waals surface area (Å²) in [6.07, 6.45) is 0.348. The first-order valence-corrected chi connectivity index (χ1v) is 7.98. The third-order valence-electron chi connectivity index (χ3n) is 4.11. The van der Waals surface area contributed by atoms with Crippen molar-refractivity contribution in [1.29, 1.82) is 0 Å². The number of carbonyl (C=O) groups is 1. The monoisotopic (exact) mass is 341 g/mol. The van der Waals surface area contributed by atoms with Gasteiger partial charge in [-0.15, -0.1) is 6.58 Å². The van der Waals surface area contributed by atoms with E-state index in [-0.39, 0.29) is 12.1 Å². The van der Waals surface area contributed by atoms with Crippen LogP contribution < -0.4 is 4.90 Å². The van der Waals surface area contributed by atoms with E-state index in [0.29, 0.717) is 10.8 Å². The van der Waals surface area contributed by atoms with E-state index in [9.17, 15) is 18.0 Å². The summed E-state index contributed by atoms with van der Waals surface area (Å²) in [5.41, 5.74) is 0.148. The Bertz CT molecular complexity index is 563. The van der Waals surface area contributed by atoms with E-state index in [0.717, 1.165) is 31.7 Å². The van der Waals surface area contributed by atoms with Crippen LogP contribution in [0.25, 0.3) is 0 Å². The maximum atomic E-state index is 12.6. The Morgan fingerprint density at radius 2 is 2.08 bits per heavy atom. The molecule has 0 aliphatic carbocycles. The van der Waals surface area contributed by atoms with Gasteiger partial charge in [-0.05, 0) is 30.9 Å². The average Bonchev–Trinajstić information content (AvgIpc) is 2.53. The average molecular weight is 341 g/mol. The van der Waals surface area contributed by atoms with E-state index in [1.807, 2.05) is 0 Å². The zero-order chi connectivity index (χ0) is 17.7. The van der Waals surface area contributed by atoms with Gasteiger partial charge in [0.2, 0.25) is 0 Å². The van der Waals surface area contributed by atoms with Crippen molar-refractivity contribution in [3.05, 3.63) is 36.5 Å². The molecule has 0 spiro atoms.